The molecule has 0 amide bonds. The second-order valence-corrected chi connectivity index (χ2v) is 8.90. The van der Waals surface area contributed by atoms with Crippen molar-refractivity contribution in [3.63, 3.8) is 0 Å². The summed E-state index contributed by atoms with van der Waals surface area (Å²) in [6.45, 7) is 4.30. The molecule has 1 aliphatic heterocycles. The molecule has 1 saturated heterocycles. The minimum absolute atomic E-state index is 0.123. The predicted molar refractivity (Wildman–Crippen MR) is 128 cm³/mol. The summed E-state index contributed by atoms with van der Waals surface area (Å²) in [5, 5.41) is 14.0. The Morgan fingerprint density at radius 2 is 1.72 bits per heavy atom. The van der Waals surface area contributed by atoms with Crippen LogP contribution in [0.15, 0.2) is 48.7 Å². The van der Waals surface area contributed by atoms with Gasteiger partial charge in [-0.3, -0.25) is 0 Å². The molecule has 2 aliphatic rings. The van der Waals surface area contributed by atoms with Gasteiger partial charge in [-0.2, -0.15) is 0 Å². The number of nitrogens with zero attached hydrogens (tertiary/aromatic N) is 4. The Kier molecular flexibility index (Phi) is 6.10. The zero-order valence-electron chi connectivity index (χ0n) is 18.6. The highest BCUT2D eigenvalue weighted by Crippen LogP contribution is 2.30. The predicted octanol–water partition coefficient (Wildman–Crippen LogP) is 3.81. The number of anilines is 3. The second-order valence-electron chi connectivity index (χ2n) is 8.90. The van der Waals surface area contributed by atoms with Crippen molar-refractivity contribution in [2.24, 2.45) is 0 Å². The molecule has 2 fully saturated rings. The minimum atomic E-state index is -0.192. The molecule has 1 aliphatic carbocycles. The number of aromatic nitrogens is 2. The van der Waals surface area contributed by atoms with E-state index < -0.39 is 0 Å². The molecule has 2 heterocycles. The molecule has 0 bridgehead atoms. The average Bonchev–Trinajstić information content (AvgIpc) is 2.82. The van der Waals surface area contributed by atoms with Crippen molar-refractivity contribution in [3.8, 4) is 5.75 Å². The molecular weight excluding hydrogens is 402 g/mol. The van der Waals surface area contributed by atoms with Gasteiger partial charge in [0.1, 0.15) is 11.3 Å². The summed E-state index contributed by atoms with van der Waals surface area (Å²) in [5.41, 5.74) is 3.02. The van der Waals surface area contributed by atoms with Crippen molar-refractivity contribution in [1.82, 2.24) is 14.9 Å². The highest BCUT2D eigenvalue weighted by atomic mass is 16.5. The van der Waals surface area contributed by atoms with Crippen molar-refractivity contribution < 1.29 is 9.84 Å². The lowest BCUT2D eigenvalue weighted by atomic mass is 9.95. The molecule has 3 aromatic rings. The molecule has 0 radical (unpaired) electrons. The fourth-order valence-corrected chi connectivity index (χ4v) is 4.48. The Labute approximate surface area is 189 Å². The largest absolute Gasteiger partial charge is 0.488 e. The summed E-state index contributed by atoms with van der Waals surface area (Å²) >= 11 is 0. The van der Waals surface area contributed by atoms with Gasteiger partial charge in [-0.25, -0.2) is 9.97 Å². The number of piperazine rings is 1. The maximum atomic E-state index is 9.75. The number of aliphatic hydroxyl groups excluding tert-OH is 1. The van der Waals surface area contributed by atoms with E-state index in [1.165, 1.54) is 5.69 Å². The molecule has 1 saturated carbocycles. The van der Waals surface area contributed by atoms with Crippen molar-refractivity contribution in [1.29, 1.82) is 0 Å². The van der Waals surface area contributed by atoms with Crippen LogP contribution in [0.2, 0.25) is 0 Å². The molecule has 32 heavy (non-hydrogen) atoms. The maximum absolute atomic E-state index is 9.75. The molecule has 0 atom stereocenters. The number of ether oxygens (including phenoxy) is 1. The molecular formula is C25H31N5O2. The first-order chi connectivity index (χ1) is 15.6. The average molecular weight is 434 g/mol. The number of hydrogen-bond donors (Lipinski definition) is 2. The van der Waals surface area contributed by atoms with Crippen LogP contribution in [0.5, 0.6) is 5.75 Å². The van der Waals surface area contributed by atoms with Gasteiger partial charge in [0.05, 0.1) is 12.2 Å². The molecule has 1 aromatic heterocycles. The van der Waals surface area contributed by atoms with E-state index in [1.54, 1.807) is 0 Å². The normalized spacial score (nSPS) is 22.1. The van der Waals surface area contributed by atoms with Crippen LogP contribution in [-0.2, 0) is 0 Å². The topological polar surface area (TPSA) is 73.8 Å². The number of nitrogens with one attached hydrogen (secondary N) is 1. The molecule has 7 heteroatoms. The van der Waals surface area contributed by atoms with Gasteiger partial charge < -0.3 is 25.0 Å². The first-order valence-corrected chi connectivity index (χ1v) is 11.5. The fraction of sp³-hybridized carbons (Fsp3) is 0.440. The third-order valence-corrected chi connectivity index (χ3v) is 6.50. The minimum Gasteiger partial charge on any atom is -0.488 e. The highest BCUT2D eigenvalue weighted by Gasteiger charge is 2.21. The third kappa shape index (κ3) is 4.79. The van der Waals surface area contributed by atoms with Crippen LogP contribution in [-0.4, -0.2) is 65.4 Å². The van der Waals surface area contributed by atoms with E-state index >= 15 is 0 Å². The van der Waals surface area contributed by atoms with Gasteiger partial charge in [0.25, 0.3) is 0 Å². The number of para-hydroxylation sites is 1. The van der Waals surface area contributed by atoms with Crippen LogP contribution < -0.4 is 15.0 Å². The molecule has 0 unspecified atom stereocenters. The van der Waals surface area contributed by atoms with Gasteiger partial charge in [0.15, 0.2) is 0 Å². The van der Waals surface area contributed by atoms with Gasteiger partial charge in [-0.1, -0.05) is 12.1 Å². The van der Waals surface area contributed by atoms with Crippen LogP contribution in [0.4, 0.5) is 17.3 Å². The SMILES string of the molecule is CN1CCN(c2ccc(Nc3ncc4cccc(O[C@H]5CC[C@@H](O)CC5)c4n3)cc2)CC1. The van der Waals surface area contributed by atoms with Crippen molar-refractivity contribution >= 4 is 28.2 Å². The number of aliphatic hydroxyl groups is 1. The zero-order chi connectivity index (χ0) is 21.9. The Bertz CT molecular complexity index is 1040. The second kappa shape index (κ2) is 9.30. The number of fused-ring (bicyclic) bond motifs is 1. The first kappa shape index (κ1) is 21.0. The van der Waals surface area contributed by atoms with Gasteiger partial charge >= 0.3 is 0 Å². The van der Waals surface area contributed by atoms with Gasteiger partial charge in [-0.15, -0.1) is 0 Å². The third-order valence-electron chi connectivity index (χ3n) is 6.50. The lowest BCUT2D eigenvalue weighted by Crippen LogP contribution is -2.44. The van der Waals surface area contributed by atoms with E-state index in [-0.39, 0.29) is 12.2 Å². The van der Waals surface area contributed by atoms with Crippen LogP contribution in [0.3, 0.4) is 0 Å². The quantitative estimate of drug-likeness (QED) is 0.634. The molecule has 7 nitrogen and oxygen atoms in total. The first-order valence-electron chi connectivity index (χ1n) is 11.5. The summed E-state index contributed by atoms with van der Waals surface area (Å²) in [7, 11) is 2.17. The lowest BCUT2D eigenvalue weighted by Gasteiger charge is -2.34. The van der Waals surface area contributed by atoms with E-state index in [2.05, 4.69) is 51.4 Å². The van der Waals surface area contributed by atoms with Crippen LogP contribution in [0.1, 0.15) is 25.7 Å². The van der Waals surface area contributed by atoms with E-state index in [0.717, 1.165) is 74.2 Å². The van der Waals surface area contributed by atoms with Crippen LogP contribution in [0.25, 0.3) is 10.9 Å². The maximum Gasteiger partial charge on any atom is 0.227 e. The Morgan fingerprint density at radius 3 is 2.47 bits per heavy atom. The number of benzene rings is 2. The van der Waals surface area contributed by atoms with Crippen molar-refractivity contribution in [3.05, 3.63) is 48.7 Å². The van der Waals surface area contributed by atoms with E-state index in [4.69, 9.17) is 9.72 Å². The smallest absolute Gasteiger partial charge is 0.227 e. The lowest BCUT2D eigenvalue weighted by molar-refractivity contribution is 0.0672. The molecule has 5 rings (SSSR count). The monoisotopic (exact) mass is 433 g/mol. The number of hydrogen-bond acceptors (Lipinski definition) is 7. The summed E-state index contributed by atoms with van der Waals surface area (Å²) in [6.07, 6.45) is 5.09. The Balaban J connectivity index is 1.30. The van der Waals surface area contributed by atoms with E-state index in [9.17, 15) is 5.11 Å². The summed E-state index contributed by atoms with van der Waals surface area (Å²) in [6, 6.07) is 14.4. The van der Waals surface area contributed by atoms with E-state index in [0.29, 0.717) is 5.95 Å². The molecule has 2 aromatic carbocycles. The van der Waals surface area contributed by atoms with Crippen LogP contribution >= 0.6 is 0 Å². The standard InChI is InChI=1S/C25H31N5O2/c1-29-13-15-30(16-14-29)20-7-5-19(6-8-20)27-25-26-17-18-3-2-4-23(24(18)28-25)32-22-11-9-21(31)10-12-22/h2-8,17,21-22,31H,9-16H2,1H3,(H,26,27,28)/t21-,22+. The molecule has 0 spiro atoms. The Morgan fingerprint density at radius 1 is 0.969 bits per heavy atom. The van der Waals surface area contributed by atoms with Gasteiger partial charge in [0, 0.05) is 49.1 Å². The Hall–Kier alpha value is -2.90. The fourth-order valence-electron chi connectivity index (χ4n) is 4.48. The van der Waals surface area contributed by atoms with Crippen molar-refractivity contribution in [2.45, 2.75) is 37.9 Å². The summed E-state index contributed by atoms with van der Waals surface area (Å²) in [5.74, 6) is 1.33. The highest BCUT2D eigenvalue weighted by molar-refractivity contribution is 5.85. The van der Waals surface area contributed by atoms with Gasteiger partial charge in [0.2, 0.25) is 5.95 Å². The number of rotatable bonds is 5. The van der Waals surface area contributed by atoms with Gasteiger partial charge in [-0.05, 0) is 63.1 Å². The summed E-state index contributed by atoms with van der Waals surface area (Å²) < 4.78 is 6.27. The van der Waals surface area contributed by atoms with Crippen molar-refractivity contribution in [2.75, 3.05) is 43.4 Å². The zero-order valence-corrected chi connectivity index (χ0v) is 18.6. The number of likely N-dealkylation sites (N-methyl/N-ethyl adjacent to an activating group) is 1. The molecule has 168 valence electrons. The van der Waals surface area contributed by atoms with E-state index in [1.807, 2.05) is 24.4 Å². The molecule has 2 N–H and O–H groups in total. The summed E-state index contributed by atoms with van der Waals surface area (Å²) in [4.78, 5) is 14.0. The van der Waals surface area contributed by atoms with Crippen LogP contribution in [0, 0.1) is 0 Å².